The fourth-order valence-corrected chi connectivity index (χ4v) is 2.04. The summed E-state index contributed by atoms with van der Waals surface area (Å²) in [5.41, 5.74) is 0.149. The van der Waals surface area contributed by atoms with Crippen molar-refractivity contribution in [1.82, 2.24) is 0 Å². The van der Waals surface area contributed by atoms with Gasteiger partial charge in [-0.2, -0.15) is 4.57 Å². The van der Waals surface area contributed by atoms with Gasteiger partial charge in [0.2, 0.25) is 6.54 Å². The van der Waals surface area contributed by atoms with E-state index in [1.54, 1.807) is 29.1 Å². The third-order valence-electron chi connectivity index (χ3n) is 2.87. The molecule has 7 heteroatoms. The van der Waals surface area contributed by atoms with Crippen molar-refractivity contribution in [2.75, 3.05) is 12.4 Å². The van der Waals surface area contributed by atoms with Gasteiger partial charge >= 0.3 is 5.97 Å². The Morgan fingerprint density at radius 2 is 1.95 bits per heavy atom. The average Bonchev–Trinajstić information content (AvgIpc) is 2.50. The SMILES string of the molecule is COC(=O)c1cc(Cl)c(NC(=O)C[n+]2ccccc2)cc1O. The van der Waals surface area contributed by atoms with Crippen LogP contribution in [0.15, 0.2) is 42.7 Å². The van der Waals surface area contributed by atoms with E-state index in [4.69, 9.17) is 11.6 Å². The Labute approximate surface area is 131 Å². The summed E-state index contributed by atoms with van der Waals surface area (Å²) >= 11 is 6.01. The Morgan fingerprint density at radius 1 is 1.27 bits per heavy atom. The monoisotopic (exact) mass is 321 g/mol. The lowest BCUT2D eigenvalue weighted by Crippen LogP contribution is -2.39. The van der Waals surface area contributed by atoms with Crippen LogP contribution in [0.5, 0.6) is 5.75 Å². The zero-order valence-electron chi connectivity index (χ0n) is 11.7. The summed E-state index contributed by atoms with van der Waals surface area (Å²) in [6, 6.07) is 7.90. The highest BCUT2D eigenvalue weighted by Crippen LogP contribution is 2.30. The van der Waals surface area contributed by atoms with E-state index in [0.29, 0.717) is 0 Å². The number of hydrogen-bond acceptors (Lipinski definition) is 4. The van der Waals surface area contributed by atoms with Gasteiger partial charge in [0.15, 0.2) is 12.4 Å². The van der Waals surface area contributed by atoms with Gasteiger partial charge in [-0.25, -0.2) is 4.79 Å². The molecule has 2 rings (SSSR count). The van der Waals surface area contributed by atoms with Crippen LogP contribution in [0.1, 0.15) is 10.4 Å². The maximum Gasteiger partial charge on any atom is 0.341 e. The van der Waals surface area contributed by atoms with E-state index in [0.717, 1.165) is 0 Å². The topological polar surface area (TPSA) is 79.5 Å². The Kier molecular flexibility index (Phi) is 4.95. The van der Waals surface area contributed by atoms with E-state index < -0.39 is 5.97 Å². The number of anilines is 1. The number of benzene rings is 1. The fraction of sp³-hybridized carbons (Fsp3) is 0.133. The fourth-order valence-electron chi connectivity index (χ4n) is 1.83. The van der Waals surface area contributed by atoms with Crippen LogP contribution in [0, 0.1) is 0 Å². The van der Waals surface area contributed by atoms with Gasteiger partial charge in [-0.3, -0.25) is 4.79 Å². The second kappa shape index (κ2) is 6.91. The van der Waals surface area contributed by atoms with Gasteiger partial charge in [0.05, 0.1) is 17.8 Å². The number of carbonyl (C=O) groups is 2. The summed E-state index contributed by atoms with van der Waals surface area (Å²) in [5, 5.41) is 12.5. The van der Waals surface area contributed by atoms with E-state index in [1.807, 2.05) is 6.07 Å². The van der Waals surface area contributed by atoms with Crippen molar-refractivity contribution in [3.05, 3.63) is 53.3 Å². The van der Waals surface area contributed by atoms with Crippen LogP contribution in [-0.4, -0.2) is 24.1 Å². The molecule has 1 aromatic carbocycles. The molecule has 22 heavy (non-hydrogen) atoms. The Bertz CT molecular complexity index is 704. The molecule has 0 fully saturated rings. The molecule has 0 aliphatic heterocycles. The average molecular weight is 322 g/mol. The van der Waals surface area contributed by atoms with Crippen molar-refractivity contribution in [2.45, 2.75) is 6.54 Å². The number of phenols is 1. The zero-order valence-corrected chi connectivity index (χ0v) is 12.5. The minimum atomic E-state index is -0.711. The second-order valence-electron chi connectivity index (χ2n) is 4.44. The molecule has 0 unspecified atom stereocenters. The highest BCUT2D eigenvalue weighted by molar-refractivity contribution is 6.34. The lowest BCUT2D eigenvalue weighted by molar-refractivity contribution is -0.684. The number of aromatic nitrogens is 1. The molecule has 0 saturated carbocycles. The van der Waals surface area contributed by atoms with E-state index >= 15 is 0 Å². The van der Waals surface area contributed by atoms with Crippen LogP contribution in [0.2, 0.25) is 5.02 Å². The molecule has 0 aliphatic rings. The molecule has 0 radical (unpaired) electrons. The normalized spacial score (nSPS) is 10.1. The van der Waals surface area contributed by atoms with Crippen LogP contribution in [0.4, 0.5) is 5.69 Å². The lowest BCUT2D eigenvalue weighted by atomic mass is 10.2. The first-order valence-corrected chi connectivity index (χ1v) is 6.74. The molecule has 1 amide bonds. The molecule has 114 valence electrons. The van der Waals surface area contributed by atoms with Crippen molar-refractivity contribution < 1.29 is 24.0 Å². The van der Waals surface area contributed by atoms with Gasteiger partial charge in [-0.05, 0) is 6.07 Å². The first kappa shape index (κ1) is 15.8. The first-order valence-electron chi connectivity index (χ1n) is 6.36. The number of phenolic OH excluding ortho intramolecular Hbond substituents is 1. The highest BCUT2D eigenvalue weighted by Gasteiger charge is 2.17. The molecule has 1 heterocycles. The molecular weight excluding hydrogens is 308 g/mol. The van der Waals surface area contributed by atoms with Crippen molar-refractivity contribution in [1.29, 1.82) is 0 Å². The van der Waals surface area contributed by atoms with E-state index in [-0.39, 0.29) is 34.5 Å². The molecule has 0 spiro atoms. The summed E-state index contributed by atoms with van der Waals surface area (Å²) in [5.74, 6) is -1.35. The predicted molar refractivity (Wildman–Crippen MR) is 79.7 cm³/mol. The third kappa shape index (κ3) is 3.73. The van der Waals surface area contributed by atoms with Crippen molar-refractivity contribution in [2.24, 2.45) is 0 Å². The van der Waals surface area contributed by atoms with E-state index in [2.05, 4.69) is 10.1 Å². The van der Waals surface area contributed by atoms with Crippen LogP contribution in [-0.2, 0) is 16.1 Å². The number of ether oxygens (including phenoxy) is 1. The number of nitrogens with zero attached hydrogens (tertiary/aromatic N) is 1. The first-order chi connectivity index (χ1) is 10.5. The van der Waals surface area contributed by atoms with Gasteiger partial charge in [0.1, 0.15) is 11.3 Å². The number of pyridine rings is 1. The second-order valence-corrected chi connectivity index (χ2v) is 4.84. The van der Waals surface area contributed by atoms with Gasteiger partial charge < -0.3 is 15.2 Å². The molecule has 2 N–H and O–H groups in total. The molecule has 0 atom stereocenters. The summed E-state index contributed by atoms with van der Waals surface area (Å²) in [6.45, 7) is 0.0939. The third-order valence-corrected chi connectivity index (χ3v) is 3.18. The van der Waals surface area contributed by atoms with Crippen molar-refractivity contribution in [3.63, 3.8) is 0 Å². The highest BCUT2D eigenvalue weighted by atomic mass is 35.5. The maximum atomic E-state index is 12.0. The number of carbonyl (C=O) groups excluding carboxylic acids is 2. The van der Waals surface area contributed by atoms with Crippen LogP contribution >= 0.6 is 11.6 Å². The molecule has 6 nitrogen and oxygen atoms in total. The zero-order chi connectivity index (χ0) is 16.1. The smallest absolute Gasteiger partial charge is 0.341 e. The Morgan fingerprint density at radius 3 is 2.59 bits per heavy atom. The summed E-state index contributed by atoms with van der Waals surface area (Å²) in [6.07, 6.45) is 3.50. The van der Waals surface area contributed by atoms with Gasteiger partial charge in [-0.15, -0.1) is 0 Å². The lowest BCUT2D eigenvalue weighted by Gasteiger charge is -2.09. The van der Waals surface area contributed by atoms with Crippen molar-refractivity contribution >= 4 is 29.2 Å². The summed E-state index contributed by atoms with van der Waals surface area (Å²) in [4.78, 5) is 23.4. The predicted octanol–water partition coefficient (Wildman–Crippen LogP) is 1.76. The molecule has 2 aromatic rings. The number of amides is 1. The largest absolute Gasteiger partial charge is 0.507 e. The number of rotatable bonds is 4. The molecule has 1 aromatic heterocycles. The van der Waals surface area contributed by atoms with Gasteiger partial charge in [0.25, 0.3) is 5.91 Å². The summed E-state index contributed by atoms with van der Waals surface area (Å²) < 4.78 is 6.21. The number of esters is 1. The molecule has 0 bridgehead atoms. The number of aromatic hydroxyl groups is 1. The van der Waals surface area contributed by atoms with Crippen LogP contribution in [0.25, 0.3) is 0 Å². The minimum Gasteiger partial charge on any atom is -0.507 e. The number of hydrogen-bond donors (Lipinski definition) is 2. The number of nitrogens with one attached hydrogen (secondary N) is 1. The van der Waals surface area contributed by atoms with Crippen LogP contribution < -0.4 is 9.88 Å². The van der Waals surface area contributed by atoms with Crippen LogP contribution in [0.3, 0.4) is 0 Å². The summed E-state index contributed by atoms with van der Waals surface area (Å²) in [7, 11) is 1.20. The molecule has 0 aliphatic carbocycles. The molecular formula is C15H14ClN2O4+. The van der Waals surface area contributed by atoms with Gasteiger partial charge in [-0.1, -0.05) is 17.7 Å². The Hall–Kier alpha value is -2.60. The Balaban J connectivity index is 2.14. The van der Waals surface area contributed by atoms with Crippen molar-refractivity contribution in [3.8, 4) is 5.75 Å². The quantitative estimate of drug-likeness (QED) is 0.664. The number of methoxy groups -OCH3 is 1. The standard InChI is InChI=1S/C15H13ClN2O4/c1-22-15(21)10-7-11(16)12(8-13(10)19)17-14(20)9-18-5-3-2-4-6-18/h2-8H,9H2,1H3,(H-,17,19,20,21)/p+1. The number of halogens is 1. The van der Waals surface area contributed by atoms with E-state index in [9.17, 15) is 14.7 Å². The van der Waals surface area contributed by atoms with E-state index in [1.165, 1.54) is 19.2 Å². The molecule has 0 saturated heterocycles. The maximum absolute atomic E-state index is 12.0. The minimum absolute atomic E-state index is 0.0667. The van der Waals surface area contributed by atoms with Gasteiger partial charge in [0, 0.05) is 18.2 Å².